The van der Waals surface area contributed by atoms with Crippen molar-refractivity contribution in [1.29, 1.82) is 0 Å². The van der Waals surface area contributed by atoms with Gasteiger partial charge in [-0.15, -0.1) is 0 Å². The fourth-order valence-electron chi connectivity index (χ4n) is 6.31. The highest BCUT2D eigenvalue weighted by Gasteiger charge is 2.57. The van der Waals surface area contributed by atoms with E-state index in [0.717, 1.165) is 44.9 Å². The highest BCUT2D eigenvalue weighted by Crippen LogP contribution is 2.47. The molecule has 27 heavy (non-hydrogen) atoms. The molecule has 0 aromatic carbocycles. The molecule has 152 valence electrons. The molecule has 0 radical (unpaired) electrons. The van der Waals surface area contributed by atoms with Gasteiger partial charge in [-0.2, -0.15) is 0 Å². The lowest BCUT2D eigenvalue weighted by Crippen LogP contribution is -2.64. The SMILES string of the molecule is CC1CCC(OC2CC(O)C3C(=O)C4CCCCC4C(=O)C3C2N)CC1C. The van der Waals surface area contributed by atoms with Crippen LogP contribution < -0.4 is 5.73 Å². The zero-order valence-electron chi connectivity index (χ0n) is 16.7. The van der Waals surface area contributed by atoms with Crippen LogP contribution in [0.5, 0.6) is 0 Å². The van der Waals surface area contributed by atoms with Gasteiger partial charge in [0.25, 0.3) is 0 Å². The van der Waals surface area contributed by atoms with Crippen molar-refractivity contribution < 1.29 is 19.4 Å². The van der Waals surface area contributed by atoms with E-state index in [4.69, 9.17) is 10.5 Å². The summed E-state index contributed by atoms with van der Waals surface area (Å²) in [6, 6.07) is -0.479. The molecule has 0 heterocycles. The Bertz CT molecular complexity index is 593. The normalized spacial score (nSPS) is 50.8. The number of carbonyl (C=O) groups is 2. The molecule has 10 unspecified atom stereocenters. The average molecular weight is 378 g/mol. The Morgan fingerprint density at radius 2 is 1.52 bits per heavy atom. The van der Waals surface area contributed by atoms with E-state index in [0.29, 0.717) is 18.3 Å². The highest BCUT2D eigenvalue weighted by molar-refractivity contribution is 6.00. The van der Waals surface area contributed by atoms with Gasteiger partial charge in [0.05, 0.1) is 24.2 Å². The van der Waals surface area contributed by atoms with E-state index in [1.165, 1.54) is 0 Å². The molecule has 0 aliphatic heterocycles. The Balaban J connectivity index is 1.51. The summed E-state index contributed by atoms with van der Waals surface area (Å²) in [6.45, 7) is 4.55. The van der Waals surface area contributed by atoms with Gasteiger partial charge in [0.15, 0.2) is 0 Å². The summed E-state index contributed by atoms with van der Waals surface area (Å²) < 4.78 is 6.35. The number of aliphatic hydroxyl groups excluding tert-OH is 1. The van der Waals surface area contributed by atoms with Crippen LogP contribution in [-0.2, 0) is 14.3 Å². The Kier molecular flexibility index (Phi) is 5.47. The van der Waals surface area contributed by atoms with Gasteiger partial charge in [-0.05, 0) is 43.9 Å². The smallest absolute Gasteiger partial charge is 0.143 e. The molecule has 0 spiro atoms. The molecule has 0 saturated heterocycles. The van der Waals surface area contributed by atoms with E-state index < -0.39 is 24.0 Å². The molecule has 3 N–H and O–H groups in total. The molecule has 4 fully saturated rings. The highest BCUT2D eigenvalue weighted by atomic mass is 16.5. The number of ketones is 2. The second kappa shape index (κ2) is 7.57. The topological polar surface area (TPSA) is 89.6 Å². The molecule has 4 aliphatic carbocycles. The van der Waals surface area contributed by atoms with Gasteiger partial charge in [0.1, 0.15) is 11.6 Å². The third-order valence-electron chi connectivity index (χ3n) is 8.19. The largest absolute Gasteiger partial charge is 0.392 e. The monoisotopic (exact) mass is 377 g/mol. The Morgan fingerprint density at radius 1 is 0.889 bits per heavy atom. The second-order valence-corrected chi connectivity index (χ2v) is 9.80. The third kappa shape index (κ3) is 3.40. The van der Waals surface area contributed by atoms with Crippen LogP contribution in [0.4, 0.5) is 0 Å². The van der Waals surface area contributed by atoms with Gasteiger partial charge >= 0.3 is 0 Å². The Labute approximate surface area is 162 Å². The van der Waals surface area contributed by atoms with Crippen molar-refractivity contribution >= 4 is 11.6 Å². The maximum atomic E-state index is 13.2. The fraction of sp³-hybridized carbons (Fsp3) is 0.909. The van der Waals surface area contributed by atoms with Crippen LogP contribution in [0.25, 0.3) is 0 Å². The van der Waals surface area contributed by atoms with E-state index in [1.54, 1.807) is 0 Å². The lowest BCUT2D eigenvalue weighted by Gasteiger charge is -2.50. The number of ether oxygens (including phenoxy) is 1. The number of aliphatic hydroxyl groups is 1. The molecule has 5 nitrogen and oxygen atoms in total. The standard InChI is InChI=1S/C22H35NO4/c1-11-7-8-13(9-12(11)2)27-17-10-16(24)18-19(20(17)23)22(26)15-6-4-3-5-14(15)21(18)25/h11-20,24H,3-10,23H2,1-2H3. The van der Waals surface area contributed by atoms with Crippen molar-refractivity contribution in [1.82, 2.24) is 0 Å². The minimum atomic E-state index is -0.806. The van der Waals surface area contributed by atoms with Crippen LogP contribution in [-0.4, -0.2) is 41.0 Å². The summed E-state index contributed by atoms with van der Waals surface area (Å²) >= 11 is 0. The Hall–Kier alpha value is -0.780. The first-order valence-electron chi connectivity index (χ1n) is 11.0. The van der Waals surface area contributed by atoms with Crippen LogP contribution in [0.3, 0.4) is 0 Å². The fourth-order valence-corrected chi connectivity index (χ4v) is 6.31. The third-order valence-corrected chi connectivity index (χ3v) is 8.19. The molecular weight excluding hydrogens is 342 g/mol. The van der Waals surface area contributed by atoms with E-state index in [-0.39, 0.29) is 35.6 Å². The molecule has 4 saturated carbocycles. The summed E-state index contributed by atoms with van der Waals surface area (Å²) in [5, 5.41) is 10.8. The summed E-state index contributed by atoms with van der Waals surface area (Å²) in [4.78, 5) is 26.3. The quantitative estimate of drug-likeness (QED) is 0.772. The van der Waals surface area contributed by atoms with Crippen molar-refractivity contribution in [3.8, 4) is 0 Å². The first kappa shape index (κ1) is 19.5. The average Bonchev–Trinajstić information content (AvgIpc) is 2.65. The van der Waals surface area contributed by atoms with Gasteiger partial charge in [0.2, 0.25) is 0 Å². The zero-order chi connectivity index (χ0) is 19.3. The van der Waals surface area contributed by atoms with Gasteiger partial charge in [-0.3, -0.25) is 9.59 Å². The van der Waals surface area contributed by atoms with Crippen LogP contribution in [0, 0.1) is 35.5 Å². The number of fused-ring (bicyclic) bond motifs is 2. The van der Waals surface area contributed by atoms with Gasteiger partial charge in [-0.1, -0.05) is 26.7 Å². The van der Waals surface area contributed by atoms with E-state index in [9.17, 15) is 14.7 Å². The van der Waals surface area contributed by atoms with Crippen LogP contribution in [0.15, 0.2) is 0 Å². The number of nitrogens with two attached hydrogens (primary N) is 1. The first-order chi connectivity index (χ1) is 12.9. The predicted molar refractivity (Wildman–Crippen MR) is 102 cm³/mol. The van der Waals surface area contributed by atoms with Gasteiger partial charge in [0, 0.05) is 30.2 Å². The van der Waals surface area contributed by atoms with Crippen molar-refractivity contribution in [2.24, 2.45) is 41.2 Å². The maximum absolute atomic E-state index is 13.2. The molecule has 0 bridgehead atoms. The molecule has 4 aliphatic rings. The van der Waals surface area contributed by atoms with E-state index in [1.807, 2.05) is 0 Å². The van der Waals surface area contributed by atoms with Crippen molar-refractivity contribution in [2.75, 3.05) is 0 Å². The van der Waals surface area contributed by atoms with Gasteiger partial charge in [-0.25, -0.2) is 0 Å². The van der Waals surface area contributed by atoms with E-state index in [2.05, 4.69) is 13.8 Å². The van der Waals surface area contributed by atoms with E-state index >= 15 is 0 Å². The van der Waals surface area contributed by atoms with Crippen LogP contribution >= 0.6 is 0 Å². The summed E-state index contributed by atoms with van der Waals surface area (Å²) in [5.74, 6) is -0.0153. The van der Waals surface area contributed by atoms with Crippen LogP contribution in [0.2, 0.25) is 0 Å². The molecule has 5 heteroatoms. The van der Waals surface area contributed by atoms with Crippen LogP contribution in [0.1, 0.15) is 65.2 Å². The maximum Gasteiger partial charge on any atom is 0.143 e. The van der Waals surface area contributed by atoms with Crippen molar-refractivity contribution in [2.45, 2.75) is 89.6 Å². The Morgan fingerprint density at radius 3 is 2.15 bits per heavy atom. The summed E-state index contributed by atoms with van der Waals surface area (Å²) in [6.07, 6.45) is 6.14. The predicted octanol–water partition coefficient (Wildman–Crippen LogP) is 2.48. The zero-order valence-corrected chi connectivity index (χ0v) is 16.7. The number of rotatable bonds is 2. The first-order valence-corrected chi connectivity index (χ1v) is 11.0. The number of carbonyl (C=O) groups excluding carboxylic acids is 2. The summed E-state index contributed by atoms with van der Waals surface area (Å²) in [7, 11) is 0. The number of hydrogen-bond acceptors (Lipinski definition) is 5. The summed E-state index contributed by atoms with van der Waals surface area (Å²) in [5.41, 5.74) is 6.54. The van der Waals surface area contributed by atoms with Gasteiger partial charge < -0.3 is 15.6 Å². The molecule has 0 aromatic heterocycles. The minimum absolute atomic E-state index is 0.0887. The number of Topliss-reactive ketones (excluding diaryl/α,β-unsaturated/α-hetero) is 2. The molecule has 0 aromatic rings. The molecular formula is C22H35NO4. The van der Waals surface area contributed by atoms with Crippen molar-refractivity contribution in [3.05, 3.63) is 0 Å². The molecule has 0 amide bonds. The lowest BCUT2D eigenvalue weighted by atomic mass is 9.56. The lowest BCUT2D eigenvalue weighted by molar-refractivity contribution is -0.169. The molecule has 4 rings (SSSR count). The van der Waals surface area contributed by atoms with Crippen molar-refractivity contribution in [3.63, 3.8) is 0 Å². The minimum Gasteiger partial charge on any atom is -0.392 e. The molecule has 10 atom stereocenters. The second-order valence-electron chi connectivity index (χ2n) is 9.80. The number of hydrogen-bond donors (Lipinski definition) is 2.